The molecule has 1 aromatic heterocycles. The molecule has 0 radical (unpaired) electrons. The summed E-state index contributed by atoms with van der Waals surface area (Å²) in [6.45, 7) is 0. The second-order valence-corrected chi connectivity index (χ2v) is 21.0. The Labute approximate surface area is 429 Å². The molecule has 3 aliphatic rings. The van der Waals surface area contributed by atoms with Crippen molar-refractivity contribution < 1.29 is 0 Å². The van der Waals surface area contributed by atoms with Crippen LogP contribution in [0.15, 0.2) is 243 Å². The van der Waals surface area contributed by atoms with Gasteiger partial charge in [-0.15, -0.1) is 0 Å². The van der Waals surface area contributed by atoms with Gasteiger partial charge in [0.1, 0.15) is 0 Å². The fraction of sp³-hybridized carbons (Fsp3) is 0.155. The lowest BCUT2D eigenvalue weighted by atomic mass is 9.59. The van der Waals surface area contributed by atoms with Crippen LogP contribution in [0.25, 0.3) is 83.1 Å². The first-order valence-electron chi connectivity index (χ1n) is 26.8. The van der Waals surface area contributed by atoms with Gasteiger partial charge in [0.25, 0.3) is 0 Å². The van der Waals surface area contributed by atoms with Gasteiger partial charge in [0, 0.05) is 38.9 Å². The second-order valence-electron chi connectivity index (χ2n) is 21.0. The summed E-state index contributed by atoms with van der Waals surface area (Å²) in [5.41, 5.74) is 22.9. The molecule has 1 heterocycles. The molecular weight excluding hydrogens is 881 g/mol. The number of rotatable bonds is 10. The molecule has 2 heteroatoms. The van der Waals surface area contributed by atoms with Gasteiger partial charge in [-0.3, -0.25) is 0 Å². The molecule has 2 fully saturated rings. The van der Waals surface area contributed by atoms with Crippen LogP contribution in [0.2, 0.25) is 0 Å². The van der Waals surface area contributed by atoms with Gasteiger partial charge >= 0.3 is 0 Å². The molecule has 352 valence electrons. The quantitative estimate of drug-likeness (QED) is 0.133. The van der Waals surface area contributed by atoms with E-state index in [9.17, 15) is 0 Å². The van der Waals surface area contributed by atoms with Crippen LogP contribution in [0.1, 0.15) is 62.5 Å². The summed E-state index contributed by atoms with van der Waals surface area (Å²) in [5.74, 6) is 1.15. The first kappa shape index (κ1) is 43.6. The van der Waals surface area contributed by atoms with Gasteiger partial charge < -0.3 is 9.47 Å². The van der Waals surface area contributed by atoms with Crippen molar-refractivity contribution in [3.8, 4) is 61.3 Å². The van der Waals surface area contributed by atoms with Gasteiger partial charge in [0.15, 0.2) is 0 Å². The Hall–Kier alpha value is -8.20. The zero-order valence-corrected chi connectivity index (χ0v) is 41.3. The van der Waals surface area contributed by atoms with E-state index in [1.165, 1.54) is 140 Å². The van der Waals surface area contributed by atoms with Crippen molar-refractivity contribution in [2.75, 3.05) is 4.90 Å². The lowest BCUT2D eigenvalue weighted by molar-refractivity contribution is 0.223. The molecule has 0 bridgehead atoms. The average Bonchev–Trinajstić information content (AvgIpc) is 4.31. The fourth-order valence-electron chi connectivity index (χ4n) is 14.0. The van der Waals surface area contributed by atoms with E-state index in [-0.39, 0.29) is 5.41 Å². The summed E-state index contributed by atoms with van der Waals surface area (Å²) in [7, 11) is 0. The Morgan fingerprint density at radius 2 is 0.753 bits per heavy atom. The van der Waals surface area contributed by atoms with E-state index in [4.69, 9.17) is 0 Å². The highest BCUT2D eigenvalue weighted by Crippen LogP contribution is 2.64. The molecule has 2 saturated carbocycles. The molecule has 0 saturated heterocycles. The highest BCUT2D eigenvalue weighted by atomic mass is 15.1. The van der Waals surface area contributed by atoms with E-state index < -0.39 is 0 Å². The summed E-state index contributed by atoms with van der Waals surface area (Å²) >= 11 is 0. The minimum atomic E-state index is -0.0929. The smallest absolute Gasteiger partial charge is 0.0541 e. The van der Waals surface area contributed by atoms with Crippen LogP contribution >= 0.6 is 0 Å². The van der Waals surface area contributed by atoms with E-state index in [2.05, 4.69) is 252 Å². The maximum atomic E-state index is 2.67. The predicted molar refractivity (Wildman–Crippen MR) is 307 cm³/mol. The highest BCUT2D eigenvalue weighted by Gasteiger charge is 2.54. The van der Waals surface area contributed by atoms with E-state index in [1.807, 2.05) is 0 Å². The van der Waals surface area contributed by atoms with Gasteiger partial charge in [-0.2, -0.15) is 0 Å². The number of anilines is 3. The van der Waals surface area contributed by atoms with E-state index in [1.54, 1.807) is 11.1 Å². The molecule has 0 unspecified atom stereocenters. The number of benzene rings is 10. The first-order chi connectivity index (χ1) is 36.2. The minimum absolute atomic E-state index is 0.0929. The van der Waals surface area contributed by atoms with Gasteiger partial charge in [-0.05, 0) is 171 Å². The van der Waals surface area contributed by atoms with Crippen LogP contribution in [-0.4, -0.2) is 4.57 Å². The molecular formula is C71H58N2. The fourth-order valence-corrected chi connectivity index (χ4v) is 14.0. The van der Waals surface area contributed by atoms with Gasteiger partial charge in [0.2, 0.25) is 0 Å². The Bertz CT molecular complexity index is 3760. The van der Waals surface area contributed by atoms with Crippen molar-refractivity contribution >= 4 is 38.9 Å². The topological polar surface area (TPSA) is 8.17 Å². The molecule has 14 rings (SSSR count). The minimum Gasteiger partial charge on any atom is -0.310 e. The number of para-hydroxylation sites is 2. The maximum Gasteiger partial charge on any atom is 0.0541 e. The van der Waals surface area contributed by atoms with Crippen LogP contribution in [0, 0.1) is 11.8 Å². The molecule has 2 nitrogen and oxygen atoms in total. The monoisotopic (exact) mass is 938 g/mol. The van der Waals surface area contributed by atoms with Crippen molar-refractivity contribution in [3.63, 3.8) is 0 Å². The normalized spacial score (nSPS) is 15.2. The highest BCUT2D eigenvalue weighted by molar-refractivity contribution is 6.09. The van der Waals surface area contributed by atoms with Crippen LogP contribution in [0.3, 0.4) is 0 Å². The summed E-state index contributed by atoms with van der Waals surface area (Å²) < 4.78 is 2.54. The number of fused-ring (bicyclic) bond motifs is 6. The number of hydrogen-bond donors (Lipinski definition) is 0. The molecule has 0 amide bonds. The van der Waals surface area contributed by atoms with Crippen LogP contribution in [0.4, 0.5) is 17.1 Å². The number of aromatic nitrogens is 1. The maximum absolute atomic E-state index is 2.67. The van der Waals surface area contributed by atoms with Gasteiger partial charge in [-0.1, -0.05) is 202 Å². The number of hydrogen-bond acceptors (Lipinski definition) is 1. The SMILES string of the molecule is c1ccc(-c2cccc(-c3cccc(N(c4cccc(-c5ccccc5-c5ccccc5)c4)c4ccc5c(c4)C(C4CCCC4)(C4CCCC4)c4cc(-n6c7ccccc7c7ccccc76)ccc4-5)c3)c2)cc1. The first-order valence-corrected chi connectivity index (χ1v) is 26.8. The van der Waals surface area contributed by atoms with Crippen LogP contribution in [0.5, 0.6) is 0 Å². The lowest BCUT2D eigenvalue weighted by Crippen LogP contribution is -2.40. The van der Waals surface area contributed by atoms with Gasteiger partial charge in [-0.25, -0.2) is 0 Å². The zero-order chi connectivity index (χ0) is 48.3. The van der Waals surface area contributed by atoms with E-state index >= 15 is 0 Å². The van der Waals surface area contributed by atoms with Crippen molar-refractivity contribution in [2.45, 2.75) is 56.8 Å². The van der Waals surface area contributed by atoms with Crippen LogP contribution in [-0.2, 0) is 5.41 Å². The van der Waals surface area contributed by atoms with E-state index in [0.29, 0.717) is 11.8 Å². The molecule has 10 aromatic carbocycles. The largest absolute Gasteiger partial charge is 0.310 e. The zero-order valence-electron chi connectivity index (χ0n) is 41.3. The predicted octanol–water partition coefficient (Wildman–Crippen LogP) is 19.6. The van der Waals surface area contributed by atoms with Gasteiger partial charge in [0.05, 0.1) is 11.0 Å². The third kappa shape index (κ3) is 7.29. The van der Waals surface area contributed by atoms with Crippen molar-refractivity contribution in [2.24, 2.45) is 11.8 Å². The molecule has 73 heavy (non-hydrogen) atoms. The Morgan fingerprint density at radius 3 is 1.38 bits per heavy atom. The van der Waals surface area contributed by atoms with Crippen molar-refractivity contribution in [1.29, 1.82) is 0 Å². The second kappa shape index (κ2) is 18.1. The summed E-state index contributed by atoms with van der Waals surface area (Å²) in [6, 6.07) is 91.2. The molecule has 0 N–H and O–H groups in total. The van der Waals surface area contributed by atoms with Crippen molar-refractivity contribution in [3.05, 3.63) is 254 Å². The molecule has 0 atom stereocenters. The molecule has 0 aliphatic heterocycles. The standard InChI is InChI=1S/C71H58N2/c1-3-20-49(21-4-1)51-24-17-25-52(44-51)53-26-18-32-57(45-53)72(58-33-19-27-54(46-58)62-35-12-11-34-61(62)50-22-5-2-6-23-50)59-40-42-63-64-43-41-60(73-69-38-15-13-36-65(69)66-37-14-16-39-70(66)73)48-68(64)71(67(63)47-59,55-28-7-8-29-55)56-30-9-10-31-56/h1-6,11-27,32-48,55-56H,7-10,28-31H2. The van der Waals surface area contributed by atoms with Crippen molar-refractivity contribution in [1.82, 2.24) is 4.57 Å². The third-order valence-corrected chi connectivity index (χ3v) is 17.1. The Morgan fingerprint density at radius 1 is 0.315 bits per heavy atom. The molecule has 0 spiro atoms. The molecule has 11 aromatic rings. The Kier molecular flexibility index (Phi) is 10.8. The Balaban J connectivity index is 0.972. The molecule has 3 aliphatic carbocycles. The number of nitrogens with zero attached hydrogens (tertiary/aromatic N) is 2. The summed E-state index contributed by atoms with van der Waals surface area (Å²) in [6.07, 6.45) is 10.3. The summed E-state index contributed by atoms with van der Waals surface area (Å²) in [4.78, 5) is 2.56. The summed E-state index contributed by atoms with van der Waals surface area (Å²) in [5, 5.41) is 2.62. The average molecular weight is 939 g/mol. The van der Waals surface area contributed by atoms with Crippen LogP contribution < -0.4 is 4.90 Å². The van der Waals surface area contributed by atoms with E-state index in [0.717, 1.165) is 11.4 Å². The third-order valence-electron chi connectivity index (χ3n) is 17.1. The lowest BCUT2D eigenvalue weighted by Gasteiger charge is -2.44.